The lowest BCUT2D eigenvalue weighted by molar-refractivity contribution is -0.167. The monoisotopic (exact) mass is 524 g/mol. The predicted molar refractivity (Wildman–Crippen MR) is 138 cm³/mol. The molecular formula is C27H28N2O7S. The van der Waals surface area contributed by atoms with Gasteiger partial charge in [-0.05, 0) is 69.3 Å². The first-order chi connectivity index (χ1) is 17.7. The molecule has 0 saturated carbocycles. The van der Waals surface area contributed by atoms with Crippen molar-refractivity contribution in [2.75, 3.05) is 13.2 Å². The van der Waals surface area contributed by atoms with Gasteiger partial charge in [-0.2, -0.15) is 0 Å². The van der Waals surface area contributed by atoms with E-state index in [1.54, 1.807) is 37.3 Å². The van der Waals surface area contributed by atoms with Crippen molar-refractivity contribution in [3.05, 3.63) is 65.2 Å². The number of esters is 2. The Hall–Kier alpha value is -4.05. The van der Waals surface area contributed by atoms with Crippen LogP contribution in [-0.4, -0.2) is 47.4 Å². The predicted octanol–water partition coefficient (Wildman–Crippen LogP) is 4.48. The van der Waals surface area contributed by atoms with Crippen LogP contribution in [0.1, 0.15) is 42.4 Å². The summed E-state index contributed by atoms with van der Waals surface area (Å²) in [6.07, 6.45) is 1.16. The van der Waals surface area contributed by atoms with Gasteiger partial charge in [-0.1, -0.05) is 0 Å². The van der Waals surface area contributed by atoms with Crippen LogP contribution < -0.4 is 10.1 Å². The number of amides is 1. The van der Waals surface area contributed by atoms with Crippen LogP contribution >= 0.6 is 11.3 Å². The van der Waals surface area contributed by atoms with Crippen molar-refractivity contribution in [2.45, 2.75) is 39.7 Å². The summed E-state index contributed by atoms with van der Waals surface area (Å²) in [7, 11) is 0. The highest BCUT2D eigenvalue weighted by Crippen LogP contribution is 2.29. The number of benzene rings is 2. The summed E-state index contributed by atoms with van der Waals surface area (Å²) < 4.78 is 15.9. The Balaban J connectivity index is 1.76. The number of hydrogen-bond donors (Lipinski definition) is 1. The van der Waals surface area contributed by atoms with Gasteiger partial charge in [-0.15, -0.1) is 11.3 Å². The quantitative estimate of drug-likeness (QED) is 0.221. The number of carbonyl (C=O) groups is 4. The number of aromatic nitrogens is 1. The summed E-state index contributed by atoms with van der Waals surface area (Å²) in [6, 6.07) is 13.7. The second-order valence-electron chi connectivity index (χ2n) is 8.05. The van der Waals surface area contributed by atoms with Crippen molar-refractivity contribution in [2.24, 2.45) is 0 Å². The Labute approximate surface area is 218 Å². The van der Waals surface area contributed by atoms with Crippen molar-refractivity contribution in [3.63, 3.8) is 0 Å². The van der Waals surface area contributed by atoms with Gasteiger partial charge in [-0.3, -0.25) is 9.59 Å². The number of nitrogens with zero attached hydrogens (tertiary/aromatic N) is 1. The summed E-state index contributed by atoms with van der Waals surface area (Å²) in [5.41, 5.74) is -1.09. The number of thiazole rings is 1. The molecule has 0 unspecified atom stereocenters. The normalized spacial score (nSPS) is 10.9. The van der Waals surface area contributed by atoms with E-state index in [2.05, 4.69) is 10.3 Å². The molecule has 10 heteroatoms. The first-order valence-corrected chi connectivity index (χ1v) is 12.5. The van der Waals surface area contributed by atoms with Gasteiger partial charge in [0.05, 0.1) is 19.6 Å². The van der Waals surface area contributed by atoms with E-state index in [4.69, 9.17) is 14.2 Å². The highest BCUT2D eigenvalue weighted by molar-refractivity contribution is 7.14. The number of Topliss-reactive ketones (excluding diaryl/α,β-unsaturated/α-hetero) is 1. The molecule has 1 N–H and O–H groups in total. The van der Waals surface area contributed by atoms with E-state index in [0.717, 1.165) is 22.4 Å². The highest BCUT2D eigenvalue weighted by Gasteiger charge is 2.51. The molecular weight excluding hydrogens is 496 g/mol. The molecule has 0 atom stereocenters. The molecule has 9 nitrogen and oxygen atoms in total. The summed E-state index contributed by atoms with van der Waals surface area (Å²) in [6.45, 7) is 6.13. The average molecular weight is 525 g/mol. The van der Waals surface area contributed by atoms with Gasteiger partial charge in [0.2, 0.25) is 11.4 Å². The number of rotatable bonds is 11. The van der Waals surface area contributed by atoms with Crippen molar-refractivity contribution in [1.29, 1.82) is 0 Å². The zero-order valence-corrected chi connectivity index (χ0v) is 21.8. The fraction of sp³-hybridized carbons (Fsp3) is 0.296. The molecule has 0 fully saturated rings. The molecule has 37 heavy (non-hydrogen) atoms. The number of aryl methyl sites for hydroxylation is 1. The molecule has 3 aromatic rings. The van der Waals surface area contributed by atoms with Gasteiger partial charge >= 0.3 is 11.9 Å². The molecule has 0 spiro atoms. The summed E-state index contributed by atoms with van der Waals surface area (Å²) in [5, 5.41) is 3.21. The van der Waals surface area contributed by atoms with Gasteiger partial charge in [-0.25, -0.2) is 14.6 Å². The number of ketones is 1. The Bertz CT molecular complexity index is 1250. The molecule has 0 aliphatic rings. The van der Waals surface area contributed by atoms with Crippen molar-refractivity contribution in [1.82, 2.24) is 10.3 Å². The summed E-state index contributed by atoms with van der Waals surface area (Å²) in [4.78, 5) is 55.9. The van der Waals surface area contributed by atoms with Crippen LogP contribution in [0.5, 0.6) is 11.5 Å². The maximum atomic E-state index is 13.1. The van der Waals surface area contributed by atoms with E-state index in [0.29, 0.717) is 11.5 Å². The van der Waals surface area contributed by atoms with E-state index in [-0.39, 0.29) is 18.8 Å². The number of ether oxygens (including phenoxy) is 3. The Morgan fingerprint density at radius 2 is 1.43 bits per heavy atom. The molecule has 0 bridgehead atoms. The third-order valence-electron chi connectivity index (χ3n) is 5.20. The number of nitrogens with one attached hydrogen (secondary N) is 1. The molecule has 0 saturated heterocycles. The lowest BCUT2D eigenvalue weighted by atomic mass is 9.89. The SMILES string of the molecule is CCOC(=O)C(CC(=O)c1ccc(Oc2ccc(-c3ncc(C)s3)cc2)cc1)(NC(C)=O)C(=O)OCC. The molecule has 0 aliphatic carbocycles. The summed E-state index contributed by atoms with van der Waals surface area (Å²) >= 11 is 1.61. The fourth-order valence-corrected chi connectivity index (χ4v) is 4.29. The van der Waals surface area contributed by atoms with Crippen LogP contribution in [0.15, 0.2) is 54.7 Å². The summed E-state index contributed by atoms with van der Waals surface area (Å²) in [5.74, 6) is -2.29. The fourth-order valence-electron chi connectivity index (χ4n) is 3.52. The number of hydrogen-bond acceptors (Lipinski definition) is 9. The van der Waals surface area contributed by atoms with Gasteiger partial charge in [0.15, 0.2) is 5.78 Å². The van der Waals surface area contributed by atoms with Gasteiger partial charge in [0.1, 0.15) is 16.5 Å². The molecule has 1 heterocycles. The molecule has 0 radical (unpaired) electrons. The van der Waals surface area contributed by atoms with Crippen LogP contribution in [-0.2, 0) is 23.9 Å². The lowest BCUT2D eigenvalue weighted by Gasteiger charge is -2.29. The molecule has 1 amide bonds. The first-order valence-electron chi connectivity index (χ1n) is 11.7. The van der Waals surface area contributed by atoms with E-state index in [9.17, 15) is 19.2 Å². The Morgan fingerprint density at radius 1 is 0.892 bits per heavy atom. The van der Waals surface area contributed by atoms with Crippen LogP contribution in [0.25, 0.3) is 10.6 Å². The zero-order chi connectivity index (χ0) is 27.0. The molecule has 1 aromatic heterocycles. The van der Waals surface area contributed by atoms with Crippen molar-refractivity contribution < 1.29 is 33.4 Å². The largest absolute Gasteiger partial charge is 0.464 e. The second-order valence-corrected chi connectivity index (χ2v) is 9.29. The Kier molecular flexibility index (Phi) is 9.13. The molecule has 3 rings (SSSR count). The maximum absolute atomic E-state index is 13.1. The Morgan fingerprint density at radius 3 is 1.89 bits per heavy atom. The minimum Gasteiger partial charge on any atom is -0.464 e. The topological polar surface area (TPSA) is 121 Å². The minimum absolute atomic E-state index is 0.0513. The van der Waals surface area contributed by atoms with E-state index in [1.807, 2.05) is 37.4 Å². The lowest BCUT2D eigenvalue weighted by Crippen LogP contribution is -2.62. The molecule has 2 aromatic carbocycles. The van der Waals surface area contributed by atoms with Gasteiger partial charge < -0.3 is 19.5 Å². The molecule has 0 aliphatic heterocycles. The van der Waals surface area contributed by atoms with Crippen LogP contribution in [0, 0.1) is 6.92 Å². The van der Waals surface area contributed by atoms with Gasteiger partial charge in [0, 0.05) is 29.1 Å². The third kappa shape index (κ3) is 6.79. The van der Waals surface area contributed by atoms with Crippen molar-refractivity contribution >= 4 is 35.0 Å². The zero-order valence-electron chi connectivity index (χ0n) is 21.0. The van der Waals surface area contributed by atoms with E-state index < -0.39 is 35.6 Å². The second kappa shape index (κ2) is 12.3. The van der Waals surface area contributed by atoms with Crippen LogP contribution in [0.2, 0.25) is 0 Å². The highest BCUT2D eigenvalue weighted by atomic mass is 32.1. The number of carbonyl (C=O) groups excluding carboxylic acids is 4. The average Bonchev–Trinajstić information content (AvgIpc) is 3.30. The first kappa shape index (κ1) is 27.5. The van der Waals surface area contributed by atoms with Crippen LogP contribution in [0.3, 0.4) is 0 Å². The maximum Gasteiger partial charge on any atom is 0.344 e. The van der Waals surface area contributed by atoms with E-state index in [1.165, 1.54) is 12.1 Å². The third-order valence-corrected chi connectivity index (χ3v) is 6.16. The smallest absolute Gasteiger partial charge is 0.344 e. The van der Waals surface area contributed by atoms with E-state index >= 15 is 0 Å². The standard InChI is InChI=1S/C27H28N2O7S/c1-5-34-25(32)27(29-18(4)30,26(33)35-6-2)15-23(31)19-7-11-21(12-8-19)36-22-13-9-20(10-14-22)24-28-16-17(3)37-24/h7-14,16H,5-6,15H2,1-4H3,(H,29,30). The minimum atomic E-state index is -2.29. The van der Waals surface area contributed by atoms with Gasteiger partial charge in [0.25, 0.3) is 0 Å². The van der Waals surface area contributed by atoms with Crippen LogP contribution in [0.4, 0.5) is 0 Å². The van der Waals surface area contributed by atoms with Crippen molar-refractivity contribution in [3.8, 4) is 22.1 Å². The molecule has 194 valence electrons.